The molecule has 14 nitrogen and oxygen atoms in total. The van der Waals surface area contributed by atoms with E-state index in [0.717, 1.165) is 64.2 Å². The first kappa shape index (κ1) is 142. The Morgan fingerprint density at radius 1 is 0.148 bits per heavy atom. The van der Waals surface area contributed by atoms with Gasteiger partial charge in [-0.15, -0.1) is 0 Å². The lowest BCUT2D eigenvalue weighted by atomic mass is 10.0. The van der Waals surface area contributed by atoms with E-state index in [1.54, 1.807) is 6.92 Å². The molecule has 135 heavy (non-hydrogen) atoms. The highest BCUT2D eigenvalue weighted by Gasteiger charge is 2.07. The third kappa shape index (κ3) is 151. The predicted octanol–water partition coefficient (Wildman–Crippen LogP) is 38.7. The van der Waals surface area contributed by atoms with E-state index in [0.29, 0.717) is 51.8 Å². The first-order valence-corrected chi connectivity index (χ1v) is 57.6. The lowest BCUT2D eigenvalue weighted by Crippen LogP contribution is -2.05. The highest BCUT2D eigenvalue weighted by atomic mass is 16.6. The van der Waals surface area contributed by atoms with Crippen molar-refractivity contribution in [2.24, 2.45) is 0 Å². The van der Waals surface area contributed by atoms with E-state index in [4.69, 9.17) is 33.2 Å². The second-order valence-electron chi connectivity index (χ2n) is 37.7. The van der Waals surface area contributed by atoms with Crippen molar-refractivity contribution in [3.63, 3.8) is 0 Å². The van der Waals surface area contributed by atoms with Crippen LogP contribution in [-0.2, 0) is 66.7 Å². The first-order chi connectivity index (χ1) is 66.0. The van der Waals surface area contributed by atoms with Crippen LogP contribution < -0.4 is 0 Å². The zero-order valence-corrected chi connectivity index (χ0v) is 91.2. The maximum Gasteiger partial charge on any atom is 0.333 e. The summed E-state index contributed by atoms with van der Waals surface area (Å²) in [4.78, 5) is 75.6. The number of carbonyl (C=O) groups excluding carboxylic acids is 7. The second kappa shape index (κ2) is 137. The molecule has 0 fully saturated rings. The topological polar surface area (TPSA) is 184 Å². The maximum absolute atomic E-state index is 11.3. The van der Waals surface area contributed by atoms with Gasteiger partial charge in [-0.1, -0.05) is 595 Å². The van der Waals surface area contributed by atoms with Crippen LogP contribution in [0.15, 0.2) is 88.1 Å². The number of carbonyl (C=O) groups is 7. The fraction of sp³-hybridized carbons (Fsp3) is 0.826. The van der Waals surface area contributed by atoms with Crippen LogP contribution in [0.2, 0.25) is 0 Å². The molecule has 14 heteroatoms. The summed E-state index contributed by atoms with van der Waals surface area (Å²) in [7, 11) is 0. The Hall–Kier alpha value is -5.53. The summed E-state index contributed by atoms with van der Waals surface area (Å²) in [5.74, 6) is -2.08. The van der Waals surface area contributed by atoms with Crippen LogP contribution in [0, 0.1) is 0 Å². The fourth-order valence-electron chi connectivity index (χ4n) is 15.5. The molecule has 0 aromatic rings. The van der Waals surface area contributed by atoms with E-state index >= 15 is 0 Å². The first-order valence-electron chi connectivity index (χ1n) is 57.6. The number of esters is 7. The molecule has 0 aromatic carbocycles. The van der Waals surface area contributed by atoms with E-state index in [2.05, 4.69) is 94.5 Å². The van der Waals surface area contributed by atoms with Gasteiger partial charge in [-0.2, -0.15) is 0 Å². The second-order valence-corrected chi connectivity index (χ2v) is 37.7. The number of hydrogen-bond acceptors (Lipinski definition) is 14. The van der Waals surface area contributed by atoms with E-state index in [1.165, 1.54) is 518 Å². The zero-order valence-electron chi connectivity index (χ0n) is 91.2. The minimum atomic E-state index is -0.309. The van der Waals surface area contributed by atoms with Gasteiger partial charge >= 0.3 is 41.8 Å². The smallest absolute Gasteiger partial charge is 0.333 e. The average Bonchev–Trinajstić information content (AvgIpc) is 1.01. The standard InChI is InChI=1S/C34H66O2.C17H32O2.C16H30O2.C15H28O2.C14H26O2.C13H24O2.C12H22O2/c1-4-5-6-7-8-9-10-11-12-13-14-15-16-17-18-19-20-21-22-23-24-25-26-27-28-29-30-31-32-36-34(35)33(2)3;1-3-5-6-7-8-9-10-11-12-13-14-15-16-19-17(18)4-2;1-3-5-6-7-8-9-10-11-12-13-14-15-18-16(17)4-2;1-3-5-6-7-8-9-10-11-12-13-14-17-15(16)4-2;1-3-5-6-7-8-9-10-11-12-13-16-14(15)4-2;1-3-5-6-7-8-9-10-11-12-15-13(14)4-2;1-3-5-6-7-8-9-10-11-14-12(13)4-2/h2,4-32H2,1,3H3;4H,2-3,5-16H2,1H3;4H,2-3,5-15H2,1H3;4H,2-3,5-14H2,1H3;4H,2-3,5-13H2,1H3;4H,2-3,5-12H2,1H3;4H,2-3,5-11H2,1H3. The van der Waals surface area contributed by atoms with Crippen LogP contribution in [0.25, 0.3) is 0 Å². The molecule has 0 N–H and O–H groups in total. The summed E-state index contributed by atoms with van der Waals surface area (Å²) in [5.41, 5.74) is 0.496. The normalized spacial score (nSPS) is 10.4. The van der Waals surface area contributed by atoms with Gasteiger partial charge in [0.25, 0.3) is 0 Å². The molecule has 0 spiro atoms. The molecule has 0 aliphatic carbocycles. The van der Waals surface area contributed by atoms with E-state index in [1.807, 2.05) is 0 Å². The maximum atomic E-state index is 11.3. The highest BCUT2D eigenvalue weighted by Crippen LogP contribution is 2.21. The van der Waals surface area contributed by atoms with Crippen LogP contribution in [0.1, 0.15) is 601 Å². The third-order valence-electron chi connectivity index (χ3n) is 24.3. The molecule has 0 aliphatic rings. The Morgan fingerprint density at radius 3 is 0.311 bits per heavy atom. The quantitative estimate of drug-likeness (QED) is 0.0242. The van der Waals surface area contributed by atoms with Gasteiger partial charge in [-0.25, -0.2) is 33.6 Å². The zero-order chi connectivity index (χ0) is 101. The Labute approximate surface area is 839 Å². The fourth-order valence-corrected chi connectivity index (χ4v) is 15.5. The van der Waals surface area contributed by atoms with Gasteiger partial charge in [0, 0.05) is 42.0 Å². The largest absolute Gasteiger partial charge is 0.463 e. The van der Waals surface area contributed by atoms with Gasteiger partial charge in [-0.3, -0.25) is 0 Å². The van der Waals surface area contributed by atoms with Gasteiger partial charge < -0.3 is 33.2 Å². The molecule has 0 bridgehead atoms. The van der Waals surface area contributed by atoms with Crippen LogP contribution in [0.5, 0.6) is 0 Å². The Kier molecular flexibility index (Phi) is 145. The van der Waals surface area contributed by atoms with E-state index in [9.17, 15) is 33.6 Å². The molecule has 0 saturated carbocycles. The number of unbranched alkanes of at least 4 members (excludes halogenated alkanes) is 78. The summed E-state index contributed by atoms with van der Waals surface area (Å²) in [6.45, 7) is 45.0. The minimum absolute atomic E-state index is 0.250. The van der Waals surface area contributed by atoms with Crippen LogP contribution in [-0.4, -0.2) is 88.0 Å². The van der Waals surface area contributed by atoms with Crippen molar-refractivity contribution in [3.05, 3.63) is 88.1 Å². The molecule has 0 amide bonds. The van der Waals surface area contributed by atoms with Crippen LogP contribution in [0.4, 0.5) is 0 Å². The molecule has 0 saturated heterocycles. The summed E-state index contributed by atoms with van der Waals surface area (Å²) in [6.07, 6.45) is 120. The van der Waals surface area contributed by atoms with Crippen LogP contribution >= 0.6 is 0 Å². The molecule has 796 valence electrons. The predicted molar refractivity (Wildman–Crippen MR) is 585 cm³/mol. The van der Waals surface area contributed by atoms with Crippen molar-refractivity contribution in [1.82, 2.24) is 0 Å². The molecule has 0 atom stereocenters. The van der Waals surface area contributed by atoms with Gasteiger partial charge in [0.2, 0.25) is 0 Å². The molecular weight excluding hydrogens is 1680 g/mol. The summed E-state index contributed by atoms with van der Waals surface area (Å²) < 4.78 is 34.5. The molecule has 0 aliphatic heterocycles. The summed E-state index contributed by atoms with van der Waals surface area (Å²) in [6, 6.07) is 0. The Morgan fingerprint density at radius 2 is 0.230 bits per heavy atom. The van der Waals surface area contributed by atoms with Crippen molar-refractivity contribution in [1.29, 1.82) is 0 Å². The van der Waals surface area contributed by atoms with Crippen molar-refractivity contribution >= 4 is 41.8 Å². The van der Waals surface area contributed by atoms with Gasteiger partial charge in [-0.05, 0) is 51.9 Å². The summed E-state index contributed by atoms with van der Waals surface area (Å²) >= 11 is 0. The average molecular weight is 1910 g/mol. The van der Waals surface area contributed by atoms with Gasteiger partial charge in [0.15, 0.2) is 0 Å². The lowest BCUT2D eigenvalue weighted by Gasteiger charge is -2.05. The van der Waals surface area contributed by atoms with E-state index in [-0.39, 0.29) is 41.8 Å². The molecule has 0 aromatic heterocycles. The van der Waals surface area contributed by atoms with Crippen LogP contribution in [0.3, 0.4) is 0 Å². The number of rotatable bonds is 99. The van der Waals surface area contributed by atoms with Crippen molar-refractivity contribution in [3.8, 4) is 0 Å². The van der Waals surface area contributed by atoms with Crippen molar-refractivity contribution in [2.75, 3.05) is 46.2 Å². The lowest BCUT2D eigenvalue weighted by molar-refractivity contribution is -0.139. The Balaban J connectivity index is -0.000000292. The molecule has 0 rings (SSSR count). The van der Waals surface area contributed by atoms with Gasteiger partial charge in [0.1, 0.15) is 0 Å². The number of hydrogen-bond donors (Lipinski definition) is 0. The SMILES string of the molecule is C=C(C)C(=O)OCCCCCCCCCCCCCCCCCCCCCCCCCCCCCC.C=CC(=O)OCCCCCCCCC.C=CC(=O)OCCCCCCCCCC.C=CC(=O)OCCCCCCCCCCC.C=CC(=O)OCCCCCCCCCCCC.C=CC(=O)OCCCCCCCCCCCCC.C=CC(=O)OCCCCCCCCCCCCCC. The monoisotopic (exact) mass is 1910 g/mol. The minimum Gasteiger partial charge on any atom is -0.463 e. The Bertz CT molecular complexity index is 2450. The van der Waals surface area contributed by atoms with Gasteiger partial charge in [0.05, 0.1) is 46.2 Å². The molecule has 0 radical (unpaired) electrons. The molecular formula is C121H228O14. The molecule has 0 heterocycles. The van der Waals surface area contributed by atoms with Crippen molar-refractivity contribution < 1.29 is 66.7 Å². The third-order valence-corrected chi connectivity index (χ3v) is 24.3. The number of ether oxygens (including phenoxy) is 7. The molecule has 0 unspecified atom stereocenters. The van der Waals surface area contributed by atoms with Crippen molar-refractivity contribution in [2.45, 2.75) is 601 Å². The summed E-state index contributed by atoms with van der Waals surface area (Å²) in [5, 5.41) is 0. The van der Waals surface area contributed by atoms with E-state index < -0.39 is 0 Å². The highest BCUT2D eigenvalue weighted by molar-refractivity contribution is 5.87.